The van der Waals surface area contributed by atoms with Crippen molar-refractivity contribution in [1.82, 2.24) is 15.3 Å². The molecule has 1 atom stereocenters. The van der Waals surface area contributed by atoms with Gasteiger partial charge in [0.2, 0.25) is 5.91 Å². The molecule has 1 aromatic carbocycles. The van der Waals surface area contributed by atoms with Gasteiger partial charge in [0.25, 0.3) is 0 Å². The van der Waals surface area contributed by atoms with Crippen molar-refractivity contribution in [2.24, 2.45) is 5.92 Å². The smallest absolute Gasteiger partial charge is 0.230 e. The predicted octanol–water partition coefficient (Wildman–Crippen LogP) is 4.46. The van der Waals surface area contributed by atoms with Crippen LogP contribution in [-0.2, 0) is 4.79 Å². The van der Waals surface area contributed by atoms with Gasteiger partial charge in [0.1, 0.15) is 16.2 Å². The predicted molar refractivity (Wildman–Crippen MR) is 116 cm³/mol. The normalized spacial score (nSPS) is 14.6. The van der Waals surface area contributed by atoms with Crippen LogP contribution >= 0.6 is 23.1 Å². The number of fused-ring (bicyclic) bond motifs is 2. The second-order valence-corrected chi connectivity index (χ2v) is 9.01. The van der Waals surface area contributed by atoms with Crippen molar-refractivity contribution in [3.05, 3.63) is 41.5 Å². The molecule has 0 unspecified atom stereocenters. The van der Waals surface area contributed by atoms with Crippen LogP contribution in [0.5, 0.6) is 11.5 Å². The quantitative estimate of drug-likeness (QED) is 0.461. The Morgan fingerprint density at radius 3 is 2.86 bits per heavy atom. The third-order valence-electron chi connectivity index (χ3n) is 4.68. The summed E-state index contributed by atoms with van der Waals surface area (Å²) in [5, 5.41) is 6.99. The molecular formula is C21H23N3O3S2. The number of thiophene rings is 1. The van der Waals surface area contributed by atoms with E-state index in [-0.39, 0.29) is 17.9 Å². The molecule has 0 aliphatic carbocycles. The molecule has 0 spiro atoms. The lowest BCUT2D eigenvalue weighted by Gasteiger charge is -2.24. The van der Waals surface area contributed by atoms with E-state index in [0.717, 1.165) is 38.7 Å². The topological polar surface area (TPSA) is 73.3 Å². The van der Waals surface area contributed by atoms with Crippen molar-refractivity contribution in [2.75, 3.05) is 19.0 Å². The Hall–Kier alpha value is -2.32. The van der Waals surface area contributed by atoms with Crippen LogP contribution in [0.3, 0.4) is 0 Å². The molecule has 29 heavy (non-hydrogen) atoms. The molecule has 0 radical (unpaired) electrons. The maximum Gasteiger partial charge on any atom is 0.230 e. The van der Waals surface area contributed by atoms with Crippen LogP contribution in [0.4, 0.5) is 0 Å². The van der Waals surface area contributed by atoms with E-state index in [1.54, 1.807) is 17.7 Å². The van der Waals surface area contributed by atoms with Gasteiger partial charge in [-0.25, -0.2) is 9.97 Å². The number of hydrogen-bond acceptors (Lipinski definition) is 7. The maximum absolute atomic E-state index is 12.7. The highest BCUT2D eigenvalue weighted by molar-refractivity contribution is 8.00. The molecule has 6 nitrogen and oxygen atoms in total. The minimum Gasteiger partial charge on any atom is -0.490 e. The first kappa shape index (κ1) is 20.0. The standard InChI is InChI=1S/C21H23N3O3S2/c1-13(2)19(14-4-5-16-17(10-14)27-8-3-7-26-16)24-18(25)11-29-21-15-6-9-28-20(15)22-12-23-21/h4-6,9-10,12-13,19H,3,7-8,11H2,1-2H3,(H,24,25)/t19-/m0/s1. The van der Waals surface area contributed by atoms with Crippen LogP contribution in [0, 0.1) is 5.92 Å². The lowest BCUT2D eigenvalue weighted by molar-refractivity contribution is -0.119. The van der Waals surface area contributed by atoms with E-state index in [1.165, 1.54) is 11.8 Å². The van der Waals surface area contributed by atoms with E-state index in [2.05, 4.69) is 29.1 Å². The lowest BCUT2D eigenvalue weighted by atomic mass is 9.95. The number of benzene rings is 1. The first-order chi connectivity index (χ1) is 14.1. The van der Waals surface area contributed by atoms with Gasteiger partial charge in [-0.1, -0.05) is 31.7 Å². The second-order valence-electron chi connectivity index (χ2n) is 7.15. The summed E-state index contributed by atoms with van der Waals surface area (Å²) in [5.41, 5.74) is 1.02. The Morgan fingerprint density at radius 1 is 1.21 bits per heavy atom. The summed E-state index contributed by atoms with van der Waals surface area (Å²) in [5.74, 6) is 2.02. The molecule has 0 fully saturated rings. The monoisotopic (exact) mass is 429 g/mol. The van der Waals surface area contributed by atoms with E-state index in [9.17, 15) is 4.79 Å². The van der Waals surface area contributed by atoms with E-state index in [4.69, 9.17) is 9.47 Å². The van der Waals surface area contributed by atoms with E-state index in [0.29, 0.717) is 19.0 Å². The maximum atomic E-state index is 12.7. The molecule has 0 saturated carbocycles. The number of nitrogens with one attached hydrogen (secondary N) is 1. The molecule has 1 aliphatic heterocycles. The Balaban J connectivity index is 1.45. The van der Waals surface area contributed by atoms with Crippen molar-refractivity contribution in [3.8, 4) is 11.5 Å². The Labute approximate surface area is 178 Å². The number of amides is 1. The van der Waals surface area contributed by atoms with Gasteiger partial charge >= 0.3 is 0 Å². The summed E-state index contributed by atoms with van der Waals surface area (Å²) >= 11 is 3.01. The third kappa shape index (κ3) is 4.64. The highest BCUT2D eigenvalue weighted by Crippen LogP contribution is 2.34. The molecular weight excluding hydrogens is 406 g/mol. The fourth-order valence-corrected chi connectivity index (χ4v) is 4.83. The lowest BCUT2D eigenvalue weighted by Crippen LogP contribution is -2.33. The molecule has 1 aliphatic rings. The molecule has 0 bridgehead atoms. The number of ether oxygens (including phenoxy) is 2. The van der Waals surface area contributed by atoms with Gasteiger partial charge in [0.05, 0.1) is 25.0 Å². The van der Waals surface area contributed by atoms with Crippen LogP contribution in [0.25, 0.3) is 10.2 Å². The SMILES string of the molecule is CC(C)[C@H](NC(=O)CSc1ncnc2sccc12)c1ccc2c(c1)OCCCO2. The van der Waals surface area contributed by atoms with Crippen molar-refractivity contribution in [2.45, 2.75) is 31.3 Å². The summed E-state index contributed by atoms with van der Waals surface area (Å²) in [6, 6.07) is 7.81. The zero-order valence-corrected chi connectivity index (χ0v) is 18.0. The van der Waals surface area contributed by atoms with Gasteiger partial charge in [-0.05, 0) is 35.1 Å². The van der Waals surface area contributed by atoms with E-state index >= 15 is 0 Å². The molecule has 1 N–H and O–H groups in total. The number of aromatic nitrogens is 2. The average Bonchev–Trinajstić information content (AvgIpc) is 3.08. The Bertz CT molecular complexity index is 1010. The van der Waals surface area contributed by atoms with Crippen molar-refractivity contribution >= 4 is 39.2 Å². The Kier molecular flexibility index (Phi) is 6.20. The number of carbonyl (C=O) groups excluding carboxylic acids is 1. The first-order valence-electron chi connectivity index (χ1n) is 9.61. The van der Waals surface area contributed by atoms with Crippen LogP contribution < -0.4 is 14.8 Å². The molecule has 4 rings (SSSR count). The number of rotatable bonds is 6. The highest BCUT2D eigenvalue weighted by Gasteiger charge is 2.21. The van der Waals surface area contributed by atoms with Gasteiger partial charge in [-0.3, -0.25) is 4.79 Å². The van der Waals surface area contributed by atoms with Crippen LogP contribution in [0.2, 0.25) is 0 Å². The van der Waals surface area contributed by atoms with Gasteiger partial charge in [-0.15, -0.1) is 11.3 Å². The summed E-state index contributed by atoms with van der Waals surface area (Å²) in [4.78, 5) is 22.2. The number of hydrogen-bond donors (Lipinski definition) is 1. The fourth-order valence-electron chi connectivity index (χ4n) is 3.24. The molecule has 2 aromatic heterocycles. The number of thioether (sulfide) groups is 1. The highest BCUT2D eigenvalue weighted by atomic mass is 32.2. The Morgan fingerprint density at radius 2 is 2.03 bits per heavy atom. The van der Waals surface area contributed by atoms with Gasteiger partial charge in [0, 0.05) is 11.8 Å². The summed E-state index contributed by atoms with van der Waals surface area (Å²) in [6.07, 6.45) is 2.42. The van der Waals surface area contributed by atoms with Crippen LogP contribution in [0.15, 0.2) is 41.0 Å². The van der Waals surface area contributed by atoms with Crippen LogP contribution in [0.1, 0.15) is 31.9 Å². The molecule has 3 aromatic rings. The average molecular weight is 430 g/mol. The van der Waals surface area contributed by atoms with Crippen LogP contribution in [-0.4, -0.2) is 34.8 Å². The second kappa shape index (κ2) is 9.00. The van der Waals surface area contributed by atoms with E-state index in [1.807, 2.05) is 29.6 Å². The first-order valence-corrected chi connectivity index (χ1v) is 11.5. The van der Waals surface area contributed by atoms with Gasteiger partial charge in [-0.2, -0.15) is 0 Å². The fraction of sp³-hybridized carbons (Fsp3) is 0.381. The van der Waals surface area contributed by atoms with E-state index < -0.39 is 0 Å². The van der Waals surface area contributed by atoms with Gasteiger partial charge in [0.15, 0.2) is 11.5 Å². The van der Waals surface area contributed by atoms with Crippen molar-refractivity contribution in [3.63, 3.8) is 0 Å². The largest absolute Gasteiger partial charge is 0.490 e. The third-order valence-corrected chi connectivity index (χ3v) is 6.51. The number of nitrogens with zero attached hydrogens (tertiary/aromatic N) is 2. The van der Waals surface area contributed by atoms with Crippen molar-refractivity contribution < 1.29 is 14.3 Å². The summed E-state index contributed by atoms with van der Waals surface area (Å²) < 4.78 is 11.5. The number of carbonyl (C=O) groups is 1. The van der Waals surface area contributed by atoms with Gasteiger partial charge < -0.3 is 14.8 Å². The molecule has 1 amide bonds. The zero-order valence-electron chi connectivity index (χ0n) is 16.4. The molecule has 3 heterocycles. The van der Waals surface area contributed by atoms with Crippen molar-refractivity contribution in [1.29, 1.82) is 0 Å². The molecule has 0 saturated heterocycles. The molecule has 152 valence electrons. The minimum atomic E-state index is -0.105. The minimum absolute atomic E-state index is 0.0252. The summed E-state index contributed by atoms with van der Waals surface area (Å²) in [7, 11) is 0. The molecule has 8 heteroatoms. The summed E-state index contributed by atoms with van der Waals surface area (Å²) in [6.45, 7) is 5.50. The zero-order chi connectivity index (χ0) is 20.2.